The molecule has 2 aliphatic rings. The number of rotatable bonds is 2. The molecule has 9 heteroatoms. The van der Waals surface area contributed by atoms with E-state index in [1.807, 2.05) is 18.2 Å². The fourth-order valence-corrected chi connectivity index (χ4v) is 4.21. The standard InChI is InChI=1S/C22H23N5O4/c1-13(28)14-7-15-9-16(8-14)23-4-6-26-17(10-19(30-2)22(26)29)12-31-20-3-5-27-21(25-20)18(15)11-24-27/h3,5,7-9,11,17,19,23H,4,6,10,12H2,1-2H3/t17-,19+/m0/s1. The van der Waals surface area contributed by atoms with E-state index in [0.717, 1.165) is 16.8 Å². The van der Waals surface area contributed by atoms with Crippen molar-refractivity contribution in [1.29, 1.82) is 0 Å². The van der Waals surface area contributed by atoms with E-state index < -0.39 is 6.10 Å². The highest BCUT2D eigenvalue weighted by Gasteiger charge is 2.39. The number of carbonyl (C=O) groups excluding carboxylic acids is 2. The fraction of sp³-hybridized carbons (Fsp3) is 0.364. The van der Waals surface area contributed by atoms with Gasteiger partial charge in [-0.3, -0.25) is 9.59 Å². The van der Waals surface area contributed by atoms with Crippen molar-refractivity contribution in [2.24, 2.45) is 0 Å². The van der Waals surface area contributed by atoms with Gasteiger partial charge in [-0.15, -0.1) is 0 Å². The number of nitrogens with one attached hydrogen (secondary N) is 1. The molecule has 2 aromatic heterocycles. The molecule has 1 saturated heterocycles. The number of carbonyl (C=O) groups is 2. The van der Waals surface area contributed by atoms with Crippen molar-refractivity contribution >= 4 is 23.0 Å². The Labute approximate surface area is 179 Å². The molecule has 1 aromatic carbocycles. The Kier molecular flexibility index (Phi) is 4.82. The SMILES string of the molecule is CO[C@@H]1C[C@H]2COc3ccn4ncc(c4n3)-c3cc(cc(C(C)=O)c3)NCCN2C1=O. The first-order chi connectivity index (χ1) is 15.0. The van der Waals surface area contributed by atoms with Crippen LogP contribution in [-0.2, 0) is 9.53 Å². The first kappa shape index (κ1) is 19.5. The van der Waals surface area contributed by atoms with E-state index in [4.69, 9.17) is 9.47 Å². The molecule has 0 spiro atoms. The topological polar surface area (TPSA) is 98.1 Å². The zero-order chi connectivity index (χ0) is 21.5. The van der Waals surface area contributed by atoms with Gasteiger partial charge in [-0.1, -0.05) is 0 Å². The second kappa shape index (κ2) is 7.66. The van der Waals surface area contributed by atoms with E-state index in [2.05, 4.69) is 15.4 Å². The average molecular weight is 421 g/mol. The van der Waals surface area contributed by atoms with E-state index >= 15 is 0 Å². The van der Waals surface area contributed by atoms with Crippen molar-refractivity contribution < 1.29 is 19.1 Å². The number of methoxy groups -OCH3 is 1. The summed E-state index contributed by atoms with van der Waals surface area (Å²) < 4.78 is 13.0. The number of amides is 1. The lowest BCUT2D eigenvalue weighted by atomic mass is 10.0. The van der Waals surface area contributed by atoms with Crippen LogP contribution in [0, 0.1) is 0 Å². The minimum absolute atomic E-state index is 0.0304. The maximum Gasteiger partial charge on any atom is 0.252 e. The van der Waals surface area contributed by atoms with E-state index in [1.54, 1.807) is 41.9 Å². The van der Waals surface area contributed by atoms with Gasteiger partial charge in [-0.25, -0.2) is 4.52 Å². The van der Waals surface area contributed by atoms with Gasteiger partial charge >= 0.3 is 0 Å². The summed E-state index contributed by atoms with van der Waals surface area (Å²) in [6.07, 6.45) is 3.63. The highest BCUT2D eigenvalue weighted by Crippen LogP contribution is 2.30. The molecule has 9 nitrogen and oxygen atoms in total. The molecule has 160 valence electrons. The summed E-state index contributed by atoms with van der Waals surface area (Å²) in [5.74, 6) is 0.391. The van der Waals surface area contributed by atoms with Crippen LogP contribution in [0.4, 0.5) is 5.69 Å². The largest absolute Gasteiger partial charge is 0.475 e. The van der Waals surface area contributed by atoms with Gasteiger partial charge < -0.3 is 19.7 Å². The van der Waals surface area contributed by atoms with Crippen molar-refractivity contribution in [2.45, 2.75) is 25.5 Å². The summed E-state index contributed by atoms with van der Waals surface area (Å²) in [4.78, 5) is 31.3. The first-order valence-electron chi connectivity index (χ1n) is 10.2. The Morgan fingerprint density at radius 2 is 2.19 bits per heavy atom. The molecule has 0 saturated carbocycles. The van der Waals surface area contributed by atoms with Crippen molar-refractivity contribution in [2.75, 3.05) is 32.1 Å². The first-order valence-corrected chi connectivity index (χ1v) is 10.2. The fourth-order valence-electron chi connectivity index (χ4n) is 4.21. The van der Waals surface area contributed by atoms with E-state index in [9.17, 15) is 9.59 Å². The Bertz CT molecular complexity index is 1170. The van der Waals surface area contributed by atoms with Gasteiger partial charge in [0.05, 0.1) is 12.2 Å². The monoisotopic (exact) mass is 421 g/mol. The molecule has 2 aliphatic heterocycles. The van der Waals surface area contributed by atoms with Crippen molar-refractivity contribution in [3.05, 3.63) is 42.2 Å². The van der Waals surface area contributed by atoms with Crippen molar-refractivity contribution in [1.82, 2.24) is 19.5 Å². The van der Waals surface area contributed by atoms with Crippen molar-refractivity contribution in [3.8, 4) is 17.0 Å². The molecule has 0 aliphatic carbocycles. The van der Waals surface area contributed by atoms with Crippen LogP contribution in [0.15, 0.2) is 36.7 Å². The lowest BCUT2D eigenvalue weighted by molar-refractivity contribution is -0.136. The van der Waals surface area contributed by atoms with Crippen LogP contribution in [0.2, 0.25) is 0 Å². The van der Waals surface area contributed by atoms with Crippen LogP contribution in [0.25, 0.3) is 16.8 Å². The molecule has 31 heavy (non-hydrogen) atoms. The summed E-state index contributed by atoms with van der Waals surface area (Å²) >= 11 is 0. The van der Waals surface area contributed by atoms with Gasteiger partial charge in [0.15, 0.2) is 11.4 Å². The van der Waals surface area contributed by atoms with Crippen LogP contribution in [0.1, 0.15) is 23.7 Å². The van der Waals surface area contributed by atoms with Crippen LogP contribution in [0.3, 0.4) is 0 Å². The summed E-state index contributed by atoms with van der Waals surface area (Å²) in [6, 6.07) is 7.28. The third kappa shape index (κ3) is 3.50. The zero-order valence-electron chi connectivity index (χ0n) is 17.4. The van der Waals surface area contributed by atoms with Gasteiger partial charge in [0, 0.05) is 55.7 Å². The quantitative estimate of drug-likeness (QED) is 0.632. The summed E-state index contributed by atoms with van der Waals surface area (Å²) in [5, 5.41) is 7.74. The highest BCUT2D eigenvalue weighted by molar-refractivity contribution is 5.97. The molecule has 1 amide bonds. The molecule has 2 atom stereocenters. The molecule has 3 aromatic rings. The van der Waals surface area contributed by atoms with E-state index in [-0.39, 0.29) is 17.7 Å². The zero-order valence-corrected chi connectivity index (χ0v) is 17.4. The normalized spacial score (nSPS) is 20.8. The third-order valence-electron chi connectivity index (χ3n) is 5.87. The second-order valence-electron chi connectivity index (χ2n) is 7.83. The molecular weight excluding hydrogens is 398 g/mol. The smallest absolute Gasteiger partial charge is 0.252 e. The Morgan fingerprint density at radius 3 is 3.00 bits per heavy atom. The maximum atomic E-state index is 12.7. The van der Waals surface area contributed by atoms with Crippen LogP contribution in [-0.4, -0.2) is 70.1 Å². The molecule has 0 unspecified atom stereocenters. The Balaban J connectivity index is 1.60. The predicted molar refractivity (Wildman–Crippen MR) is 113 cm³/mol. The number of ketones is 1. The van der Waals surface area contributed by atoms with Gasteiger partial charge in [0.2, 0.25) is 5.88 Å². The maximum absolute atomic E-state index is 12.7. The second-order valence-corrected chi connectivity index (χ2v) is 7.83. The van der Waals surface area contributed by atoms with Gasteiger partial charge in [-0.2, -0.15) is 10.1 Å². The Hall–Kier alpha value is -3.46. The van der Waals surface area contributed by atoms with Crippen molar-refractivity contribution in [3.63, 3.8) is 0 Å². The van der Waals surface area contributed by atoms with Gasteiger partial charge in [-0.05, 0) is 30.7 Å². The number of anilines is 1. The van der Waals surface area contributed by atoms with Crippen LogP contribution < -0.4 is 10.1 Å². The molecule has 4 bridgehead atoms. The third-order valence-corrected chi connectivity index (χ3v) is 5.87. The summed E-state index contributed by atoms with van der Waals surface area (Å²) in [5.41, 5.74) is 3.68. The number of benzene rings is 1. The molecule has 5 rings (SSSR count). The molecule has 1 N–H and O–H groups in total. The summed E-state index contributed by atoms with van der Waals surface area (Å²) in [7, 11) is 1.55. The number of nitrogens with zero attached hydrogens (tertiary/aromatic N) is 4. The molecule has 1 fully saturated rings. The minimum Gasteiger partial charge on any atom is -0.475 e. The van der Waals surface area contributed by atoms with Crippen LogP contribution in [0.5, 0.6) is 5.88 Å². The van der Waals surface area contributed by atoms with E-state index in [0.29, 0.717) is 43.2 Å². The number of hydrogen-bond acceptors (Lipinski definition) is 7. The Morgan fingerprint density at radius 1 is 1.32 bits per heavy atom. The lowest BCUT2D eigenvalue weighted by Gasteiger charge is -2.25. The number of aromatic nitrogens is 3. The number of hydrogen-bond donors (Lipinski definition) is 1. The molecule has 4 heterocycles. The lowest BCUT2D eigenvalue weighted by Crippen LogP contribution is -2.41. The molecule has 0 radical (unpaired) electrons. The minimum atomic E-state index is -0.464. The highest BCUT2D eigenvalue weighted by atomic mass is 16.5. The van der Waals surface area contributed by atoms with Gasteiger partial charge in [0.1, 0.15) is 12.7 Å². The number of fused-ring (bicyclic) bond motifs is 5. The van der Waals surface area contributed by atoms with Crippen LogP contribution >= 0.6 is 0 Å². The molecular formula is C22H23N5O4. The predicted octanol–water partition coefficient (Wildman–Crippen LogP) is 2.02. The number of Topliss-reactive ketones (excluding diaryl/α,β-unsaturated/α-hetero) is 1. The number of ether oxygens (including phenoxy) is 2. The van der Waals surface area contributed by atoms with E-state index in [1.165, 1.54) is 0 Å². The average Bonchev–Trinajstić information content (AvgIpc) is 3.32. The van der Waals surface area contributed by atoms with Gasteiger partial charge in [0.25, 0.3) is 5.91 Å². The summed E-state index contributed by atoms with van der Waals surface area (Å²) in [6.45, 7) is 2.90.